The lowest BCUT2D eigenvalue weighted by Crippen LogP contribution is -2.37. The minimum absolute atomic E-state index is 0.116. The highest BCUT2D eigenvalue weighted by Gasteiger charge is 2.28. The molecule has 160 valence electrons. The number of nitrogens with zero attached hydrogens (tertiary/aromatic N) is 4. The molecule has 6 nitrogen and oxygen atoms in total. The van der Waals surface area contributed by atoms with E-state index < -0.39 is 0 Å². The predicted molar refractivity (Wildman–Crippen MR) is 120 cm³/mol. The average molecular weight is 408 g/mol. The van der Waals surface area contributed by atoms with E-state index in [1.54, 1.807) is 6.92 Å². The summed E-state index contributed by atoms with van der Waals surface area (Å²) in [4.78, 5) is 26.1. The molecule has 1 fully saturated rings. The number of likely N-dealkylation sites (tertiary alicyclic amines) is 1. The highest BCUT2D eigenvalue weighted by molar-refractivity contribution is 5.74. The zero-order valence-electron chi connectivity index (χ0n) is 18.2. The second kappa shape index (κ2) is 9.56. The topological polar surface area (TPSA) is 61.4 Å². The Morgan fingerprint density at radius 3 is 2.80 bits per heavy atom. The van der Waals surface area contributed by atoms with Gasteiger partial charge < -0.3 is 15.1 Å². The summed E-state index contributed by atoms with van der Waals surface area (Å²) in [5.41, 5.74) is 3.61. The number of fused-ring (bicyclic) bond motifs is 1. The van der Waals surface area contributed by atoms with Crippen LogP contribution in [0.5, 0.6) is 0 Å². The third kappa shape index (κ3) is 4.81. The number of aromatic nitrogens is 2. The van der Waals surface area contributed by atoms with Gasteiger partial charge in [0.05, 0.1) is 12.2 Å². The third-order valence-electron chi connectivity index (χ3n) is 6.41. The number of hydrogen-bond acceptors (Lipinski definition) is 5. The number of hydrogen-bond donors (Lipinski definition) is 1. The van der Waals surface area contributed by atoms with Crippen LogP contribution in [0, 0.1) is 0 Å². The van der Waals surface area contributed by atoms with Crippen LogP contribution >= 0.6 is 0 Å². The van der Waals surface area contributed by atoms with Crippen molar-refractivity contribution in [3.05, 3.63) is 53.0 Å². The highest BCUT2D eigenvalue weighted by atomic mass is 16.2. The SMILES string of the molecule is CNc1nc([C@H]2CCCN(CCCc3ccccc3)C2)nc2c1CN(C(C)=O)CC2. The van der Waals surface area contributed by atoms with Gasteiger partial charge in [0.25, 0.3) is 0 Å². The molecule has 0 unspecified atom stereocenters. The Kier molecular flexibility index (Phi) is 6.62. The molecule has 0 radical (unpaired) electrons. The first-order chi connectivity index (χ1) is 14.6. The summed E-state index contributed by atoms with van der Waals surface area (Å²) in [5, 5.41) is 3.26. The predicted octanol–water partition coefficient (Wildman–Crippen LogP) is 3.24. The summed E-state index contributed by atoms with van der Waals surface area (Å²) >= 11 is 0. The van der Waals surface area contributed by atoms with Gasteiger partial charge in [-0.3, -0.25) is 4.79 Å². The molecule has 2 aliphatic heterocycles. The molecule has 0 spiro atoms. The molecule has 1 N–H and O–H groups in total. The summed E-state index contributed by atoms with van der Waals surface area (Å²) in [6.07, 6.45) is 5.48. The van der Waals surface area contributed by atoms with Crippen molar-refractivity contribution >= 4 is 11.7 Å². The maximum atomic E-state index is 11.8. The first-order valence-corrected chi connectivity index (χ1v) is 11.2. The maximum absolute atomic E-state index is 11.8. The lowest BCUT2D eigenvalue weighted by atomic mass is 9.95. The number of amides is 1. The van der Waals surface area contributed by atoms with Gasteiger partial charge in [-0.05, 0) is 44.3 Å². The fraction of sp³-hybridized carbons (Fsp3) is 0.542. The van der Waals surface area contributed by atoms with Crippen molar-refractivity contribution in [2.75, 3.05) is 38.5 Å². The smallest absolute Gasteiger partial charge is 0.219 e. The summed E-state index contributed by atoms with van der Waals surface area (Å²) in [7, 11) is 1.91. The van der Waals surface area contributed by atoms with Gasteiger partial charge in [0.2, 0.25) is 5.91 Å². The molecule has 0 saturated carbocycles. The highest BCUT2D eigenvalue weighted by Crippen LogP contribution is 2.30. The van der Waals surface area contributed by atoms with Crippen LogP contribution in [0.3, 0.4) is 0 Å². The number of aryl methyl sites for hydroxylation is 1. The quantitative estimate of drug-likeness (QED) is 0.797. The third-order valence-corrected chi connectivity index (χ3v) is 6.41. The van der Waals surface area contributed by atoms with Crippen LogP contribution in [0.2, 0.25) is 0 Å². The monoisotopic (exact) mass is 407 g/mol. The Morgan fingerprint density at radius 1 is 1.20 bits per heavy atom. The first kappa shape index (κ1) is 20.8. The van der Waals surface area contributed by atoms with Gasteiger partial charge in [-0.1, -0.05) is 30.3 Å². The Labute approximate surface area is 179 Å². The van der Waals surface area contributed by atoms with Crippen LogP contribution in [0.4, 0.5) is 5.82 Å². The van der Waals surface area contributed by atoms with Crippen molar-refractivity contribution in [3.8, 4) is 0 Å². The van der Waals surface area contributed by atoms with Gasteiger partial charge >= 0.3 is 0 Å². The lowest BCUT2D eigenvalue weighted by Gasteiger charge is -2.33. The fourth-order valence-electron chi connectivity index (χ4n) is 4.71. The van der Waals surface area contributed by atoms with E-state index >= 15 is 0 Å². The van der Waals surface area contributed by atoms with Gasteiger partial charge in [0.15, 0.2) is 0 Å². The molecular formula is C24H33N5O. The minimum Gasteiger partial charge on any atom is -0.373 e. The molecule has 6 heteroatoms. The first-order valence-electron chi connectivity index (χ1n) is 11.2. The van der Waals surface area contributed by atoms with Crippen LogP contribution in [-0.4, -0.2) is 58.9 Å². The second-order valence-electron chi connectivity index (χ2n) is 8.53. The number of rotatable bonds is 6. The van der Waals surface area contributed by atoms with E-state index in [4.69, 9.17) is 9.97 Å². The minimum atomic E-state index is 0.116. The van der Waals surface area contributed by atoms with Crippen LogP contribution in [0.25, 0.3) is 0 Å². The van der Waals surface area contributed by atoms with E-state index in [1.165, 1.54) is 24.9 Å². The van der Waals surface area contributed by atoms with Crippen LogP contribution in [-0.2, 0) is 24.2 Å². The second-order valence-corrected chi connectivity index (χ2v) is 8.53. The standard InChI is InChI=1S/C24H33N5O/c1-18(30)29-15-12-22-21(17-29)24(25-2)27-23(26-22)20-11-7-14-28(16-20)13-6-10-19-8-4-3-5-9-19/h3-5,8-9,20H,6-7,10-17H2,1-2H3,(H,25,26,27)/t20-/m0/s1. The molecule has 4 rings (SSSR count). The van der Waals surface area contributed by atoms with E-state index in [-0.39, 0.29) is 5.91 Å². The van der Waals surface area contributed by atoms with Crippen LogP contribution in [0.1, 0.15) is 54.7 Å². The summed E-state index contributed by atoms with van der Waals surface area (Å²) < 4.78 is 0. The zero-order valence-corrected chi connectivity index (χ0v) is 18.2. The van der Waals surface area contributed by atoms with E-state index in [0.717, 1.165) is 61.8 Å². The van der Waals surface area contributed by atoms with Gasteiger partial charge in [-0.25, -0.2) is 9.97 Å². The average Bonchev–Trinajstić information content (AvgIpc) is 2.79. The van der Waals surface area contributed by atoms with Crippen molar-refractivity contribution in [3.63, 3.8) is 0 Å². The Morgan fingerprint density at radius 2 is 2.03 bits per heavy atom. The number of carbonyl (C=O) groups is 1. The van der Waals surface area contributed by atoms with Gasteiger partial charge in [0, 0.05) is 45.0 Å². The van der Waals surface area contributed by atoms with Crippen molar-refractivity contribution in [2.24, 2.45) is 0 Å². The molecule has 1 aromatic heterocycles. The molecule has 1 saturated heterocycles. The van der Waals surface area contributed by atoms with E-state index in [0.29, 0.717) is 12.5 Å². The lowest BCUT2D eigenvalue weighted by molar-refractivity contribution is -0.129. The van der Waals surface area contributed by atoms with Crippen molar-refractivity contribution in [1.82, 2.24) is 19.8 Å². The Balaban J connectivity index is 1.41. The molecule has 2 aliphatic rings. The molecular weight excluding hydrogens is 374 g/mol. The van der Waals surface area contributed by atoms with Crippen molar-refractivity contribution < 1.29 is 4.79 Å². The normalized spacial score (nSPS) is 19.4. The van der Waals surface area contributed by atoms with Crippen molar-refractivity contribution in [2.45, 2.75) is 51.5 Å². The molecule has 30 heavy (non-hydrogen) atoms. The van der Waals surface area contributed by atoms with Gasteiger partial charge in [0.1, 0.15) is 11.6 Å². The fourth-order valence-corrected chi connectivity index (χ4v) is 4.71. The van der Waals surface area contributed by atoms with E-state index in [1.807, 2.05) is 11.9 Å². The number of anilines is 1. The molecule has 1 aromatic carbocycles. The number of piperidine rings is 1. The number of benzene rings is 1. The largest absolute Gasteiger partial charge is 0.373 e. The summed E-state index contributed by atoms with van der Waals surface area (Å²) in [6.45, 7) is 6.32. The van der Waals surface area contributed by atoms with Gasteiger partial charge in [-0.2, -0.15) is 0 Å². The van der Waals surface area contributed by atoms with Crippen LogP contribution < -0.4 is 5.32 Å². The number of nitrogens with one attached hydrogen (secondary N) is 1. The Hall–Kier alpha value is -2.47. The molecule has 3 heterocycles. The summed E-state index contributed by atoms with van der Waals surface area (Å²) in [6, 6.07) is 10.7. The summed E-state index contributed by atoms with van der Waals surface area (Å²) in [5.74, 6) is 2.37. The zero-order chi connectivity index (χ0) is 20.9. The molecule has 0 aliphatic carbocycles. The van der Waals surface area contributed by atoms with E-state index in [9.17, 15) is 4.79 Å². The molecule has 1 atom stereocenters. The number of carbonyl (C=O) groups excluding carboxylic acids is 1. The molecule has 1 amide bonds. The van der Waals surface area contributed by atoms with Crippen molar-refractivity contribution in [1.29, 1.82) is 0 Å². The Bertz CT molecular complexity index is 852. The van der Waals surface area contributed by atoms with Gasteiger partial charge in [-0.15, -0.1) is 0 Å². The molecule has 2 aromatic rings. The molecule has 0 bridgehead atoms. The van der Waals surface area contributed by atoms with E-state index in [2.05, 4.69) is 40.5 Å². The maximum Gasteiger partial charge on any atom is 0.219 e. The van der Waals surface area contributed by atoms with Crippen LogP contribution in [0.15, 0.2) is 30.3 Å².